The first-order valence-electron chi connectivity index (χ1n) is 10.2. The number of carbonyl (C=O) groups excluding carboxylic acids is 2. The van der Waals surface area contributed by atoms with Crippen molar-refractivity contribution in [1.82, 2.24) is 10.9 Å². The summed E-state index contributed by atoms with van der Waals surface area (Å²) in [4.78, 5) is 23.8. The van der Waals surface area contributed by atoms with E-state index in [2.05, 4.69) is 34.1 Å². The van der Waals surface area contributed by atoms with Crippen molar-refractivity contribution in [3.8, 4) is 0 Å². The highest BCUT2D eigenvalue weighted by Gasteiger charge is 2.21. The van der Waals surface area contributed by atoms with Gasteiger partial charge in [-0.15, -0.1) is 0 Å². The molecule has 184 valence electrons. The van der Waals surface area contributed by atoms with E-state index in [9.17, 15) is 18.0 Å². The summed E-state index contributed by atoms with van der Waals surface area (Å²) in [7, 11) is -4.38. The monoisotopic (exact) mass is 533 g/mol. The van der Waals surface area contributed by atoms with Crippen molar-refractivity contribution < 1.29 is 22.6 Å². The van der Waals surface area contributed by atoms with E-state index in [1.54, 1.807) is 0 Å². The van der Waals surface area contributed by atoms with Crippen molar-refractivity contribution in [2.45, 2.75) is 11.8 Å². The second kappa shape index (κ2) is 11.8. The average Bonchev–Trinajstić information content (AvgIpc) is 2.81. The minimum absolute atomic E-state index is 0.152. The third kappa shape index (κ3) is 8.40. The van der Waals surface area contributed by atoms with E-state index in [4.69, 9.17) is 16.8 Å². The molecule has 0 spiro atoms. The van der Waals surface area contributed by atoms with Gasteiger partial charge < -0.3 is 15.4 Å². The third-order valence-electron chi connectivity index (χ3n) is 4.77. The fraction of sp³-hybridized carbons (Fsp3) is 0.136. The highest BCUT2D eigenvalue weighted by Crippen LogP contribution is 2.20. The minimum atomic E-state index is -4.38. The van der Waals surface area contributed by atoms with Crippen LogP contribution in [0.25, 0.3) is 10.8 Å². The molecule has 0 aliphatic rings. The molecule has 0 radical (unpaired) electrons. The van der Waals surface area contributed by atoms with Gasteiger partial charge in [-0.2, -0.15) is 21.0 Å². The summed E-state index contributed by atoms with van der Waals surface area (Å²) in [5.74, 6) is -1.25. The summed E-state index contributed by atoms with van der Waals surface area (Å²) < 4.78 is 32.4. The van der Waals surface area contributed by atoms with E-state index in [1.807, 2.05) is 47.2 Å². The molecule has 0 aliphatic heterocycles. The number of thiocarbonyl (C=S) groups is 1. The molecular formula is C22H23N5O5S3. The molecule has 0 fully saturated rings. The van der Waals surface area contributed by atoms with Crippen LogP contribution < -0.4 is 26.2 Å². The molecule has 2 atom stereocenters. The smallest absolute Gasteiger partial charge is 0.357 e. The first-order chi connectivity index (χ1) is 16.6. The van der Waals surface area contributed by atoms with E-state index in [-0.39, 0.29) is 17.2 Å². The molecule has 1 amide bonds. The predicted molar refractivity (Wildman–Crippen MR) is 144 cm³/mol. The quantitative estimate of drug-likeness (QED) is 0.0550. The molecule has 35 heavy (non-hydrogen) atoms. The lowest BCUT2D eigenvalue weighted by Gasteiger charge is -2.21. The Morgan fingerprint density at radius 1 is 0.971 bits per heavy atom. The Kier molecular flexibility index (Phi) is 8.87. The largest absolute Gasteiger partial charge is 0.373 e. The number of thiol groups is 1. The summed E-state index contributed by atoms with van der Waals surface area (Å²) in [5.41, 5.74) is 6.48. The Labute approximate surface area is 213 Å². The summed E-state index contributed by atoms with van der Waals surface area (Å²) in [6.45, 7) is 0. The second-order valence-corrected chi connectivity index (χ2v) is 9.56. The topological polar surface area (TPSA) is 149 Å². The van der Waals surface area contributed by atoms with Gasteiger partial charge in [-0.25, -0.2) is 0 Å². The number of rotatable bonds is 9. The maximum Gasteiger partial charge on any atom is 0.357 e. The fourth-order valence-electron chi connectivity index (χ4n) is 3.12. The van der Waals surface area contributed by atoms with Gasteiger partial charge in [0.05, 0.1) is 17.0 Å². The number of hydrogen-bond acceptors (Lipinski definition) is 7. The van der Waals surface area contributed by atoms with Crippen molar-refractivity contribution in [2.75, 3.05) is 15.4 Å². The molecule has 0 heterocycles. The van der Waals surface area contributed by atoms with Gasteiger partial charge in [0.25, 0.3) is 0 Å². The minimum Gasteiger partial charge on any atom is -0.373 e. The number of amides is 1. The van der Waals surface area contributed by atoms with E-state index in [0.29, 0.717) is 12.0 Å². The lowest BCUT2D eigenvalue weighted by atomic mass is 10.1. The summed E-state index contributed by atoms with van der Waals surface area (Å²) in [6, 6.07) is 19.5. The highest BCUT2D eigenvalue weighted by atomic mass is 32.2. The van der Waals surface area contributed by atoms with Gasteiger partial charge in [0.1, 0.15) is 6.29 Å². The number of benzene rings is 3. The van der Waals surface area contributed by atoms with Crippen LogP contribution >= 0.6 is 24.8 Å². The van der Waals surface area contributed by atoms with Gasteiger partial charge in [-0.05, 0) is 59.4 Å². The molecule has 0 saturated heterocycles. The number of aldehydes is 1. The zero-order valence-electron chi connectivity index (χ0n) is 18.1. The van der Waals surface area contributed by atoms with E-state index in [0.717, 1.165) is 16.5 Å². The van der Waals surface area contributed by atoms with Crippen LogP contribution in [0.5, 0.6) is 0 Å². The van der Waals surface area contributed by atoms with Gasteiger partial charge in [-0.1, -0.05) is 30.3 Å². The number of nitrogens with one attached hydrogen (secondary N) is 5. The lowest BCUT2D eigenvalue weighted by molar-refractivity contribution is -0.124. The van der Waals surface area contributed by atoms with Gasteiger partial charge >= 0.3 is 10.3 Å². The van der Waals surface area contributed by atoms with Crippen molar-refractivity contribution in [3.05, 3.63) is 66.7 Å². The number of hydrogen-bond donors (Lipinski definition) is 7. The number of anilines is 3. The Hall–Kier alpha value is -3.39. The second-order valence-electron chi connectivity index (χ2n) is 7.44. The van der Waals surface area contributed by atoms with Crippen LogP contribution in [0.4, 0.5) is 17.1 Å². The fourth-order valence-corrected chi connectivity index (χ4v) is 4.04. The van der Waals surface area contributed by atoms with Crippen LogP contribution in [0.1, 0.15) is 6.42 Å². The Balaban J connectivity index is 1.47. The van der Waals surface area contributed by atoms with E-state index >= 15 is 0 Å². The lowest BCUT2D eigenvalue weighted by Crippen LogP contribution is -2.45. The first-order valence-corrected chi connectivity index (χ1v) is 12.6. The van der Waals surface area contributed by atoms with Crippen LogP contribution in [-0.2, 0) is 19.9 Å². The zero-order valence-corrected chi connectivity index (χ0v) is 20.7. The molecule has 3 rings (SSSR count). The maximum atomic E-state index is 12.3. The van der Waals surface area contributed by atoms with Crippen LogP contribution in [0, 0.1) is 5.92 Å². The van der Waals surface area contributed by atoms with E-state index < -0.39 is 27.5 Å². The number of carbonyl (C=O) groups is 2. The van der Waals surface area contributed by atoms with Gasteiger partial charge in [0, 0.05) is 17.8 Å². The molecule has 0 aromatic heterocycles. The van der Waals surface area contributed by atoms with Crippen molar-refractivity contribution in [1.29, 1.82) is 0 Å². The number of hydrazine groups is 1. The molecular weight excluding hydrogens is 510 g/mol. The van der Waals surface area contributed by atoms with Crippen LogP contribution in [0.15, 0.2) is 66.7 Å². The number of fused-ring (bicyclic) bond motifs is 1. The van der Waals surface area contributed by atoms with Gasteiger partial charge in [0.15, 0.2) is 5.11 Å². The molecule has 0 saturated carbocycles. The van der Waals surface area contributed by atoms with Crippen molar-refractivity contribution in [2.24, 2.45) is 5.92 Å². The molecule has 10 nitrogen and oxygen atoms in total. The SMILES string of the molecule is O=CC(CC(=O)NNC(=S)Nc1ccc2ccccc2c1)C(S)Nc1ccc(NS(=O)(=O)O)cc1. The Morgan fingerprint density at radius 2 is 1.60 bits per heavy atom. The first kappa shape index (κ1) is 26.2. The summed E-state index contributed by atoms with van der Waals surface area (Å²) >= 11 is 9.57. The maximum absolute atomic E-state index is 12.3. The van der Waals surface area contributed by atoms with E-state index in [1.165, 1.54) is 24.3 Å². The average molecular weight is 534 g/mol. The molecule has 0 bridgehead atoms. The van der Waals surface area contributed by atoms with Gasteiger partial charge in [-0.3, -0.25) is 24.9 Å². The van der Waals surface area contributed by atoms with Gasteiger partial charge in [0.2, 0.25) is 5.91 Å². The molecule has 0 aliphatic carbocycles. The molecule has 6 N–H and O–H groups in total. The Bertz CT molecular complexity index is 1320. The Morgan fingerprint density at radius 3 is 2.26 bits per heavy atom. The summed E-state index contributed by atoms with van der Waals surface area (Å²) in [5, 5.41) is 7.53. The molecule has 3 aromatic carbocycles. The molecule has 3 aromatic rings. The van der Waals surface area contributed by atoms with Crippen LogP contribution in [0.2, 0.25) is 0 Å². The van der Waals surface area contributed by atoms with Crippen molar-refractivity contribution >= 4 is 80.3 Å². The van der Waals surface area contributed by atoms with Crippen LogP contribution in [0.3, 0.4) is 0 Å². The highest BCUT2D eigenvalue weighted by molar-refractivity contribution is 7.87. The molecule has 13 heteroatoms. The third-order valence-corrected chi connectivity index (χ3v) is 5.98. The summed E-state index contributed by atoms with van der Waals surface area (Å²) in [6.07, 6.45) is 0.447. The molecule has 2 unspecified atom stereocenters. The standard InChI is InChI=1S/C22H23N5O5S3/c28-13-16(21(33)23-17-7-9-18(10-8-17)27-35(30,31)32)12-20(29)25-26-22(34)24-19-6-5-14-3-1-2-4-15(14)11-19/h1-11,13,16,21,23,27,33H,12H2,(H,25,29)(H2,24,26,34)(H,30,31,32). The predicted octanol–water partition coefficient (Wildman–Crippen LogP) is 2.95. The van der Waals surface area contributed by atoms with Crippen molar-refractivity contribution in [3.63, 3.8) is 0 Å². The normalized spacial score (nSPS) is 12.7. The zero-order chi connectivity index (χ0) is 25.4. The van der Waals surface area contributed by atoms with Crippen LogP contribution in [-0.4, -0.2) is 35.7 Å².